The fourth-order valence-electron chi connectivity index (χ4n) is 3.52. The molecular formula is C18H34O3Si. The van der Waals surface area contributed by atoms with Gasteiger partial charge in [0.2, 0.25) is 8.32 Å². The van der Waals surface area contributed by atoms with E-state index in [1.165, 1.54) is 6.08 Å². The molecule has 0 amide bonds. The third-order valence-electron chi connectivity index (χ3n) is 4.45. The Labute approximate surface area is 137 Å². The van der Waals surface area contributed by atoms with Gasteiger partial charge in [-0.25, -0.2) is 4.79 Å². The van der Waals surface area contributed by atoms with E-state index in [2.05, 4.69) is 48.1 Å². The monoisotopic (exact) mass is 326 g/mol. The predicted octanol–water partition coefficient (Wildman–Crippen LogP) is 5.54. The summed E-state index contributed by atoms with van der Waals surface area (Å²) < 4.78 is 6.68. The van der Waals surface area contributed by atoms with Gasteiger partial charge in [0.1, 0.15) is 0 Å². The Balaban J connectivity index is 4.79. The molecule has 3 nitrogen and oxygen atoms in total. The maximum Gasteiger partial charge on any atom is 0.327 e. The molecule has 0 aromatic carbocycles. The number of allylic oxidation sites excluding steroid dienone is 1. The van der Waals surface area contributed by atoms with Crippen LogP contribution >= 0.6 is 0 Å². The lowest BCUT2D eigenvalue weighted by molar-refractivity contribution is -0.131. The minimum atomic E-state index is -1.88. The van der Waals surface area contributed by atoms with Crippen molar-refractivity contribution in [3.05, 3.63) is 24.8 Å². The van der Waals surface area contributed by atoms with E-state index in [1.54, 1.807) is 6.08 Å². The number of aliphatic carboxylic acids is 1. The highest BCUT2D eigenvalue weighted by atomic mass is 28.4. The Morgan fingerprint density at radius 3 is 2.00 bits per heavy atom. The van der Waals surface area contributed by atoms with Crippen molar-refractivity contribution >= 4 is 14.3 Å². The smallest absolute Gasteiger partial charge is 0.327 e. The van der Waals surface area contributed by atoms with Crippen molar-refractivity contribution in [2.75, 3.05) is 0 Å². The SMILES string of the molecule is C=C[C@H](CCC/C=C/C(=O)O)O[Si](C(C)C)(C(C)C)C(C)C. The molecule has 0 saturated carbocycles. The van der Waals surface area contributed by atoms with Gasteiger partial charge < -0.3 is 9.53 Å². The van der Waals surface area contributed by atoms with Gasteiger partial charge in [-0.2, -0.15) is 0 Å². The molecule has 0 spiro atoms. The second kappa shape index (κ2) is 10.0. The number of carboxylic acids is 1. The number of unbranched alkanes of at least 4 members (excludes halogenated alkanes) is 1. The normalized spacial score (nSPS) is 14.2. The van der Waals surface area contributed by atoms with Crippen LogP contribution in [-0.2, 0) is 9.22 Å². The zero-order valence-corrected chi connectivity index (χ0v) is 16.1. The lowest BCUT2D eigenvalue weighted by atomic mass is 10.1. The van der Waals surface area contributed by atoms with Gasteiger partial charge in [0.05, 0.1) is 6.10 Å². The van der Waals surface area contributed by atoms with Crippen molar-refractivity contribution < 1.29 is 14.3 Å². The van der Waals surface area contributed by atoms with Crippen LogP contribution in [0.2, 0.25) is 16.6 Å². The fourth-order valence-corrected chi connectivity index (χ4v) is 9.07. The van der Waals surface area contributed by atoms with E-state index >= 15 is 0 Å². The van der Waals surface area contributed by atoms with Crippen LogP contribution < -0.4 is 0 Å². The van der Waals surface area contributed by atoms with Crippen LogP contribution in [-0.4, -0.2) is 25.5 Å². The summed E-state index contributed by atoms with van der Waals surface area (Å²) in [7, 11) is -1.88. The molecule has 0 saturated heterocycles. The number of carbonyl (C=O) groups is 1. The van der Waals surface area contributed by atoms with Gasteiger partial charge in [-0.1, -0.05) is 53.7 Å². The molecule has 0 unspecified atom stereocenters. The van der Waals surface area contributed by atoms with E-state index in [0.717, 1.165) is 19.3 Å². The molecule has 4 heteroatoms. The number of carboxylic acid groups (broad SMARTS) is 1. The standard InChI is InChI=1S/C18H34O3Si/c1-8-17(12-10-9-11-13-18(19)20)21-22(14(2)3,15(4)5)16(6)7/h8,11,13-17H,1,9-10,12H2,2-7H3,(H,19,20)/b13-11+/t17-/m1/s1. The first kappa shape index (κ1) is 21.1. The van der Waals surface area contributed by atoms with E-state index in [1.807, 2.05) is 6.08 Å². The van der Waals surface area contributed by atoms with Crippen LogP contribution in [0.4, 0.5) is 0 Å². The molecular weight excluding hydrogens is 292 g/mol. The lowest BCUT2D eigenvalue weighted by Crippen LogP contribution is -2.49. The zero-order chi connectivity index (χ0) is 17.3. The Morgan fingerprint density at radius 2 is 1.64 bits per heavy atom. The number of hydrogen-bond acceptors (Lipinski definition) is 2. The molecule has 0 aromatic rings. The van der Waals surface area contributed by atoms with E-state index < -0.39 is 14.3 Å². The first-order chi connectivity index (χ1) is 10.2. The molecule has 0 rings (SSSR count). The van der Waals surface area contributed by atoms with Gasteiger partial charge in [-0.3, -0.25) is 0 Å². The summed E-state index contributed by atoms with van der Waals surface area (Å²) in [5.74, 6) is -0.887. The maximum absolute atomic E-state index is 10.4. The summed E-state index contributed by atoms with van der Waals surface area (Å²) in [5, 5.41) is 8.58. The van der Waals surface area contributed by atoms with Crippen molar-refractivity contribution in [3.63, 3.8) is 0 Å². The van der Waals surface area contributed by atoms with Crippen LogP contribution in [0, 0.1) is 0 Å². The Bertz CT molecular complexity index is 351. The summed E-state index contributed by atoms with van der Waals surface area (Å²) in [4.78, 5) is 10.4. The predicted molar refractivity (Wildman–Crippen MR) is 96.7 cm³/mol. The van der Waals surface area contributed by atoms with Gasteiger partial charge in [0.15, 0.2) is 0 Å². The molecule has 128 valence electrons. The molecule has 1 N–H and O–H groups in total. The summed E-state index contributed by atoms with van der Waals surface area (Å²) in [6, 6.07) is 0. The highest BCUT2D eigenvalue weighted by Crippen LogP contribution is 2.43. The first-order valence-corrected chi connectivity index (χ1v) is 10.5. The topological polar surface area (TPSA) is 46.5 Å². The largest absolute Gasteiger partial charge is 0.478 e. The molecule has 0 radical (unpaired) electrons. The van der Waals surface area contributed by atoms with E-state index in [-0.39, 0.29) is 6.10 Å². The lowest BCUT2D eigenvalue weighted by Gasteiger charge is -2.44. The molecule has 1 atom stereocenters. The van der Waals surface area contributed by atoms with Gasteiger partial charge in [-0.15, -0.1) is 6.58 Å². The summed E-state index contributed by atoms with van der Waals surface area (Å²) in [6.45, 7) is 17.6. The summed E-state index contributed by atoms with van der Waals surface area (Å²) in [5.41, 5.74) is 1.67. The van der Waals surface area contributed by atoms with Crippen LogP contribution in [0.3, 0.4) is 0 Å². The van der Waals surface area contributed by atoms with Crippen LogP contribution in [0.25, 0.3) is 0 Å². The van der Waals surface area contributed by atoms with Crippen LogP contribution in [0.1, 0.15) is 60.8 Å². The maximum atomic E-state index is 10.4. The number of hydrogen-bond donors (Lipinski definition) is 1. The summed E-state index contributed by atoms with van der Waals surface area (Å²) in [6.07, 6.45) is 7.47. The highest BCUT2D eigenvalue weighted by Gasteiger charge is 2.46. The average Bonchev–Trinajstić information content (AvgIpc) is 2.40. The van der Waals surface area contributed by atoms with Crippen molar-refractivity contribution in [1.29, 1.82) is 0 Å². The van der Waals surface area contributed by atoms with Gasteiger partial charge in [-0.05, 0) is 35.9 Å². The van der Waals surface area contributed by atoms with Crippen molar-refractivity contribution in [3.8, 4) is 0 Å². The Kier molecular flexibility index (Phi) is 9.61. The minimum Gasteiger partial charge on any atom is -0.478 e. The minimum absolute atomic E-state index is 0.0668. The van der Waals surface area contributed by atoms with E-state index in [0.29, 0.717) is 16.6 Å². The van der Waals surface area contributed by atoms with Crippen molar-refractivity contribution in [2.24, 2.45) is 0 Å². The van der Waals surface area contributed by atoms with Gasteiger partial charge >= 0.3 is 5.97 Å². The van der Waals surface area contributed by atoms with Crippen molar-refractivity contribution in [1.82, 2.24) is 0 Å². The molecule has 0 aliphatic carbocycles. The molecule has 22 heavy (non-hydrogen) atoms. The second-order valence-electron chi connectivity index (χ2n) is 6.88. The Hall–Kier alpha value is -0.873. The first-order valence-electron chi connectivity index (χ1n) is 8.38. The average molecular weight is 327 g/mol. The third-order valence-corrected chi connectivity index (χ3v) is 10.6. The fraction of sp³-hybridized carbons (Fsp3) is 0.722. The van der Waals surface area contributed by atoms with E-state index in [4.69, 9.17) is 9.53 Å². The molecule has 0 aliphatic heterocycles. The molecule has 0 bridgehead atoms. The van der Waals surface area contributed by atoms with Crippen LogP contribution in [0.15, 0.2) is 24.8 Å². The van der Waals surface area contributed by atoms with Gasteiger partial charge in [0, 0.05) is 6.08 Å². The third kappa shape index (κ3) is 6.09. The highest BCUT2D eigenvalue weighted by molar-refractivity contribution is 6.77. The Morgan fingerprint density at radius 1 is 1.14 bits per heavy atom. The molecule has 0 aliphatic rings. The second-order valence-corrected chi connectivity index (χ2v) is 12.3. The summed E-state index contributed by atoms with van der Waals surface area (Å²) >= 11 is 0. The number of rotatable bonds is 11. The van der Waals surface area contributed by atoms with Gasteiger partial charge in [0.25, 0.3) is 0 Å². The molecule has 0 heterocycles. The molecule has 0 fully saturated rings. The molecule has 0 aromatic heterocycles. The van der Waals surface area contributed by atoms with Crippen molar-refractivity contribution in [2.45, 2.75) is 83.5 Å². The van der Waals surface area contributed by atoms with Crippen LogP contribution in [0.5, 0.6) is 0 Å². The quantitative estimate of drug-likeness (QED) is 0.234. The van der Waals surface area contributed by atoms with E-state index in [9.17, 15) is 4.79 Å². The zero-order valence-electron chi connectivity index (χ0n) is 15.1.